The van der Waals surface area contributed by atoms with Crippen LogP contribution in [0.4, 0.5) is 0 Å². The Bertz CT molecular complexity index is 271. The van der Waals surface area contributed by atoms with E-state index >= 15 is 0 Å². The molecule has 0 aliphatic rings. The van der Waals surface area contributed by atoms with Gasteiger partial charge in [-0.25, -0.2) is 0 Å². The third-order valence-electron chi connectivity index (χ3n) is 4.13. The maximum absolute atomic E-state index is 11.5. The molecule has 0 aromatic carbocycles. The number of hydrogen-bond donors (Lipinski definition) is 0. The van der Waals surface area contributed by atoms with Gasteiger partial charge < -0.3 is 4.74 Å². The smallest absolute Gasteiger partial charge is 0.305 e. The quantitative estimate of drug-likeness (QED) is 0.164. The van der Waals surface area contributed by atoms with Crippen molar-refractivity contribution >= 4 is 5.97 Å². The number of rotatable bonds is 17. The maximum Gasteiger partial charge on any atom is 0.305 e. The standard InChI is InChI=1S/C21H40O2/c1-3-5-7-8-9-10-11-12-13-14-15-16-17-19-21(22)23-20-18-6-4-2/h7-8H,3-6,9-20H2,1-2H3/b8-7-. The highest BCUT2D eigenvalue weighted by Gasteiger charge is 2.02. The second-order valence-electron chi connectivity index (χ2n) is 6.55. The first kappa shape index (κ1) is 22.2. The average molecular weight is 325 g/mol. The second-order valence-corrected chi connectivity index (χ2v) is 6.55. The molecular formula is C21H40O2. The van der Waals surface area contributed by atoms with E-state index in [1.165, 1.54) is 70.6 Å². The van der Waals surface area contributed by atoms with E-state index in [0.29, 0.717) is 13.0 Å². The molecule has 0 aliphatic heterocycles. The van der Waals surface area contributed by atoms with Gasteiger partial charge in [-0.15, -0.1) is 0 Å². The molecule has 136 valence electrons. The Kier molecular flexibility index (Phi) is 18.6. The van der Waals surface area contributed by atoms with Crippen molar-refractivity contribution in [3.63, 3.8) is 0 Å². The molecule has 0 aliphatic carbocycles. The molecule has 0 saturated carbocycles. The fourth-order valence-corrected chi connectivity index (χ4v) is 2.60. The number of ether oxygens (including phenoxy) is 1. The number of carbonyl (C=O) groups excluding carboxylic acids is 1. The van der Waals surface area contributed by atoms with Crippen molar-refractivity contribution in [2.45, 2.75) is 110 Å². The predicted molar refractivity (Wildman–Crippen MR) is 101 cm³/mol. The third-order valence-corrected chi connectivity index (χ3v) is 4.13. The van der Waals surface area contributed by atoms with Crippen molar-refractivity contribution in [1.82, 2.24) is 0 Å². The topological polar surface area (TPSA) is 26.3 Å². The molecule has 2 heteroatoms. The van der Waals surface area contributed by atoms with Crippen LogP contribution in [-0.4, -0.2) is 12.6 Å². The first-order valence-corrected chi connectivity index (χ1v) is 10.1. The molecule has 0 N–H and O–H groups in total. The Morgan fingerprint density at radius 2 is 1.30 bits per heavy atom. The van der Waals surface area contributed by atoms with E-state index in [4.69, 9.17) is 4.74 Å². The van der Waals surface area contributed by atoms with Crippen molar-refractivity contribution in [1.29, 1.82) is 0 Å². The van der Waals surface area contributed by atoms with Gasteiger partial charge in [-0.1, -0.05) is 83.8 Å². The normalized spacial score (nSPS) is 11.2. The monoisotopic (exact) mass is 324 g/mol. The minimum Gasteiger partial charge on any atom is -0.466 e. The summed E-state index contributed by atoms with van der Waals surface area (Å²) in [6.07, 6.45) is 22.5. The highest BCUT2D eigenvalue weighted by Crippen LogP contribution is 2.11. The Balaban J connectivity index is 3.14. The summed E-state index contributed by atoms with van der Waals surface area (Å²) in [5, 5.41) is 0. The fourth-order valence-electron chi connectivity index (χ4n) is 2.60. The minimum absolute atomic E-state index is 0.00256. The lowest BCUT2D eigenvalue weighted by Crippen LogP contribution is -2.05. The maximum atomic E-state index is 11.5. The average Bonchev–Trinajstić information content (AvgIpc) is 2.56. The predicted octanol–water partition coefficient (Wildman–Crippen LogP) is 6.98. The number of hydrogen-bond acceptors (Lipinski definition) is 2. The summed E-state index contributed by atoms with van der Waals surface area (Å²) in [5.74, 6) is -0.00256. The van der Waals surface area contributed by atoms with E-state index in [1.54, 1.807) is 0 Å². The summed E-state index contributed by atoms with van der Waals surface area (Å²) in [7, 11) is 0. The molecule has 0 aromatic heterocycles. The van der Waals surface area contributed by atoms with E-state index in [9.17, 15) is 4.79 Å². The van der Waals surface area contributed by atoms with Gasteiger partial charge in [0.05, 0.1) is 6.61 Å². The van der Waals surface area contributed by atoms with Gasteiger partial charge in [0, 0.05) is 6.42 Å². The van der Waals surface area contributed by atoms with E-state index in [-0.39, 0.29) is 5.97 Å². The van der Waals surface area contributed by atoms with Crippen molar-refractivity contribution in [3.8, 4) is 0 Å². The number of unbranched alkanes of at least 4 members (excludes halogenated alkanes) is 11. The zero-order chi connectivity index (χ0) is 17.0. The molecule has 0 unspecified atom stereocenters. The molecule has 0 atom stereocenters. The SMILES string of the molecule is CCC/C=C\CCCCCCCCCCC(=O)OCCCCC. The van der Waals surface area contributed by atoms with Crippen molar-refractivity contribution in [3.05, 3.63) is 12.2 Å². The zero-order valence-electron chi connectivity index (χ0n) is 15.8. The molecule has 0 spiro atoms. The van der Waals surface area contributed by atoms with Crippen LogP contribution < -0.4 is 0 Å². The minimum atomic E-state index is -0.00256. The molecule has 0 amide bonds. The number of esters is 1. The second kappa shape index (κ2) is 19.3. The van der Waals surface area contributed by atoms with Crippen LogP contribution in [0.3, 0.4) is 0 Å². The van der Waals surface area contributed by atoms with Crippen LogP contribution >= 0.6 is 0 Å². The molecule has 0 saturated heterocycles. The van der Waals surface area contributed by atoms with Crippen LogP contribution in [0.5, 0.6) is 0 Å². The van der Waals surface area contributed by atoms with Crippen molar-refractivity contribution < 1.29 is 9.53 Å². The van der Waals surface area contributed by atoms with E-state index in [1.807, 2.05) is 0 Å². The van der Waals surface area contributed by atoms with Crippen LogP contribution in [0, 0.1) is 0 Å². The zero-order valence-corrected chi connectivity index (χ0v) is 15.8. The highest BCUT2D eigenvalue weighted by atomic mass is 16.5. The lowest BCUT2D eigenvalue weighted by molar-refractivity contribution is -0.143. The molecule has 0 aromatic rings. The van der Waals surface area contributed by atoms with Gasteiger partial charge in [0.25, 0.3) is 0 Å². The Hall–Kier alpha value is -0.790. The van der Waals surface area contributed by atoms with E-state index < -0.39 is 0 Å². The van der Waals surface area contributed by atoms with Gasteiger partial charge in [0.1, 0.15) is 0 Å². The molecular weight excluding hydrogens is 284 g/mol. The van der Waals surface area contributed by atoms with Gasteiger partial charge in [-0.3, -0.25) is 4.79 Å². The summed E-state index contributed by atoms with van der Waals surface area (Å²) >= 11 is 0. The Morgan fingerprint density at radius 3 is 1.96 bits per heavy atom. The molecule has 0 radical (unpaired) electrons. The third kappa shape index (κ3) is 19.2. The first-order chi connectivity index (χ1) is 11.3. The van der Waals surface area contributed by atoms with Crippen LogP contribution in [0.15, 0.2) is 12.2 Å². The van der Waals surface area contributed by atoms with Crippen LogP contribution in [0.1, 0.15) is 110 Å². The summed E-state index contributed by atoms with van der Waals surface area (Å²) < 4.78 is 5.21. The van der Waals surface area contributed by atoms with Gasteiger partial charge in [-0.2, -0.15) is 0 Å². The molecule has 0 rings (SSSR count). The van der Waals surface area contributed by atoms with Gasteiger partial charge in [0.15, 0.2) is 0 Å². The molecule has 23 heavy (non-hydrogen) atoms. The molecule has 0 bridgehead atoms. The fraction of sp³-hybridized carbons (Fsp3) is 0.857. The summed E-state index contributed by atoms with van der Waals surface area (Å²) in [5.41, 5.74) is 0. The number of carbonyl (C=O) groups is 1. The lowest BCUT2D eigenvalue weighted by atomic mass is 10.1. The van der Waals surface area contributed by atoms with E-state index in [0.717, 1.165) is 19.3 Å². The largest absolute Gasteiger partial charge is 0.466 e. The Labute approximate surface area is 145 Å². The first-order valence-electron chi connectivity index (χ1n) is 10.1. The highest BCUT2D eigenvalue weighted by molar-refractivity contribution is 5.69. The summed E-state index contributed by atoms with van der Waals surface area (Å²) in [6, 6.07) is 0. The van der Waals surface area contributed by atoms with Gasteiger partial charge in [0.2, 0.25) is 0 Å². The number of allylic oxidation sites excluding steroid dienone is 2. The van der Waals surface area contributed by atoms with Crippen LogP contribution in [0.25, 0.3) is 0 Å². The van der Waals surface area contributed by atoms with Crippen LogP contribution in [0.2, 0.25) is 0 Å². The van der Waals surface area contributed by atoms with Gasteiger partial charge in [-0.05, 0) is 32.1 Å². The summed E-state index contributed by atoms with van der Waals surface area (Å²) in [6.45, 7) is 4.99. The van der Waals surface area contributed by atoms with Crippen LogP contribution in [-0.2, 0) is 9.53 Å². The summed E-state index contributed by atoms with van der Waals surface area (Å²) in [4.78, 5) is 11.5. The Morgan fingerprint density at radius 1 is 0.696 bits per heavy atom. The van der Waals surface area contributed by atoms with Crippen molar-refractivity contribution in [2.24, 2.45) is 0 Å². The molecule has 0 fully saturated rings. The van der Waals surface area contributed by atoms with E-state index in [2.05, 4.69) is 26.0 Å². The van der Waals surface area contributed by atoms with Crippen molar-refractivity contribution in [2.75, 3.05) is 6.61 Å². The molecule has 0 heterocycles. The van der Waals surface area contributed by atoms with Gasteiger partial charge >= 0.3 is 5.97 Å². The molecule has 2 nitrogen and oxygen atoms in total. The lowest BCUT2D eigenvalue weighted by Gasteiger charge is -2.04.